The maximum absolute atomic E-state index is 11.6. The summed E-state index contributed by atoms with van der Waals surface area (Å²) in [5, 5.41) is 3.00. The van der Waals surface area contributed by atoms with Crippen LogP contribution in [0.4, 0.5) is 0 Å². The fourth-order valence-electron chi connectivity index (χ4n) is 1.51. The van der Waals surface area contributed by atoms with Gasteiger partial charge in [0.05, 0.1) is 0 Å². The Hall–Kier alpha value is -0.570. The van der Waals surface area contributed by atoms with Crippen LogP contribution < -0.4 is 11.1 Å². The molecule has 1 rings (SSSR count). The van der Waals surface area contributed by atoms with Crippen molar-refractivity contribution in [3.63, 3.8) is 0 Å². The van der Waals surface area contributed by atoms with Gasteiger partial charge in [-0.25, -0.2) is 0 Å². The van der Waals surface area contributed by atoms with E-state index in [0.717, 1.165) is 6.54 Å². The highest BCUT2D eigenvalue weighted by Crippen LogP contribution is 2.47. The summed E-state index contributed by atoms with van der Waals surface area (Å²) in [5.41, 5.74) is 6.09. The van der Waals surface area contributed by atoms with Gasteiger partial charge in [-0.15, -0.1) is 0 Å². The predicted octanol–water partition coefficient (Wildman–Crippen LogP) is 1.28. The summed E-state index contributed by atoms with van der Waals surface area (Å²) in [6, 6.07) is -0.0632. The van der Waals surface area contributed by atoms with Crippen LogP contribution in [-0.4, -0.2) is 18.5 Å². The Bertz CT molecular complexity index is 209. The summed E-state index contributed by atoms with van der Waals surface area (Å²) in [6.45, 7) is 6.77. The molecule has 0 heterocycles. The highest BCUT2D eigenvalue weighted by Gasteiger charge is 2.40. The molecule has 0 spiro atoms. The molecule has 0 radical (unpaired) electrons. The van der Waals surface area contributed by atoms with Gasteiger partial charge in [-0.3, -0.25) is 4.79 Å². The Labute approximate surface area is 86.4 Å². The van der Waals surface area contributed by atoms with Crippen molar-refractivity contribution < 1.29 is 4.79 Å². The maximum Gasteiger partial charge on any atom is 0.224 e. The molecule has 1 fully saturated rings. The minimum atomic E-state index is -0.0809. The topological polar surface area (TPSA) is 55.1 Å². The molecule has 1 aliphatic rings. The lowest BCUT2D eigenvalue weighted by Gasteiger charge is -2.18. The fourth-order valence-corrected chi connectivity index (χ4v) is 1.51. The molecular formula is C11H22N2O. The fraction of sp³-hybridized carbons (Fsp3) is 0.909. The first kappa shape index (κ1) is 11.5. The van der Waals surface area contributed by atoms with E-state index in [0.29, 0.717) is 5.41 Å². The van der Waals surface area contributed by atoms with Crippen molar-refractivity contribution in [2.75, 3.05) is 6.54 Å². The molecule has 1 aliphatic carbocycles. The second-order valence-corrected chi connectivity index (χ2v) is 4.72. The van der Waals surface area contributed by atoms with Crippen LogP contribution in [0.5, 0.6) is 0 Å². The molecule has 82 valence electrons. The number of carbonyl (C=O) groups is 1. The molecule has 0 saturated heterocycles. The lowest BCUT2D eigenvalue weighted by Crippen LogP contribution is -2.40. The van der Waals surface area contributed by atoms with E-state index in [4.69, 9.17) is 5.73 Å². The summed E-state index contributed by atoms with van der Waals surface area (Å²) in [4.78, 5) is 11.6. The van der Waals surface area contributed by atoms with Gasteiger partial charge < -0.3 is 11.1 Å². The third-order valence-electron chi connectivity index (χ3n) is 3.55. The van der Waals surface area contributed by atoms with E-state index in [9.17, 15) is 4.79 Å². The average molecular weight is 198 g/mol. The van der Waals surface area contributed by atoms with Gasteiger partial charge in [-0.1, -0.05) is 13.8 Å². The van der Waals surface area contributed by atoms with Crippen molar-refractivity contribution in [1.29, 1.82) is 0 Å². The molecule has 1 saturated carbocycles. The molecule has 14 heavy (non-hydrogen) atoms. The minimum absolute atomic E-state index is 0.0632. The molecule has 0 bridgehead atoms. The zero-order valence-corrected chi connectivity index (χ0v) is 9.47. The van der Waals surface area contributed by atoms with Crippen LogP contribution in [0.15, 0.2) is 0 Å². The molecule has 3 heteroatoms. The van der Waals surface area contributed by atoms with E-state index >= 15 is 0 Å². The molecule has 3 N–H and O–H groups in total. The van der Waals surface area contributed by atoms with E-state index < -0.39 is 0 Å². The van der Waals surface area contributed by atoms with Crippen molar-refractivity contribution in [3.8, 4) is 0 Å². The second kappa shape index (κ2) is 4.30. The lowest BCUT2D eigenvalue weighted by molar-refractivity contribution is -0.125. The lowest BCUT2D eigenvalue weighted by atomic mass is 10.0. The Balaban J connectivity index is 2.28. The minimum Gasteiger partial charge on any atom is -0.355 e. The highest BCUT2D eigenvalue weighted by atomic mass is 16.1. The van der Waals surface area contributed by atoms with E-state index in [1.807, 2.05) is 13.8 Å². The monoisotopic (exact) mass is 198 g/mol. The molecule has 0 aromatic heterocycles. The van der Waals surface area contributed by atoms with Gasteiger partial charge in [0.25, 0.3) is 0 Å². The first-order valence-corrected chi connectivity index (χ1v) is 5.54. The first-order valence-electron chi connectivity index (χ1n) is 5.54. The first-order chi connectivity index (χ1) is 6.51. The number of hydrogen-bond donors (Lipinski definition) is 2. The molecule has 0 aliphatic heterocycles. The number of carbonyl (C=O) groups excluding carboxylic acids is 1. The van der Waals surface area contributed by atoms with Gasteiger partial charge >= 0.3 is 0 Å². The second-order valence-electron chi connectivity index (χ2n) is 4.72. The van der Waals surface area contributed by atoms with Gasteiger partial charge in [0.1, 0.15) is 0 Å². The Morgan fingerprint density at radius 3 is 2.43 bits per heavy atom. The SMILES string of the molecule is CCC1(CNC(=O)C(C)C(C)N)CC1. The number of nitrogens with two attached hydrogens (primary N) is 1. The van der Waals surface area contributed by atoms with Crippen molar-refractivity contribution >= 4 is 5.91 Å². The summed E-state index contributed by atoms with van der Waals surface area (Å²) in [6.07, 6.45) is 3.69. The average Bonchev–Trinajstić information content (AvgIpc) is 2.93. The molecule has 0 aromatic carbocycles. The Morgan fingerprint density at radius 1 is 1.50 bits per heavy atom. The van der Waals surface area contributed by atoms with Crippen molar-refractivity contribution in [1.82, 2.24) is 5.32 Å². The number of nitrogens with one attached hydrogen (secondary N) is 1. The van der Waals surface area contributed by atoms with Crippen molar-refractivity contribution in [2.24, 2.45) is 17.1 Å². The zero-order chi connectivity index (χ0) is 10.8. The quantitative estimate of drug-likeness (QED) is 0.699. The smallest absolute Gasteiger partial charge is 0.224 e. The largest absolute Gasteiger partial charge is 0.355 e. The molecule has 2 unspecified atom stereocenters. The van der Waals surface area contributed by atoms with Crippen LogP contribution in [0.25, 0.3) is 0 Å². The van der Waals surface area contributed by atoms with Gasteiger partial charge in [0.15, 0.2) is 0 Å². The van der Waals surface area contributed by atoms with Gasteiger partial charge in [0, 0.05) is 18.5 Å². The summed E-state index contributed by atoms with van der Waals surface area (Å²) >= 11 is 0. The van der Waals surface area contributed by atoms with Crippen LogP contribution in [0, 0.1) is 11.3 Å². The van der Waals surface area contributed by atoms with Crippen LogP contribution in [0.1, 0.15) is 40.0 Å². The van der Waals surface area contributed by atoms with E-state index in [2.05, 4.69) is 12.2 Å². The van der Waals surface area contributed by atoms with Gasteiger partial charge in [-0.2, -0.15) is 0 Å². The molecule has 3 nitrogen and oxygen atoms in total. The van der Waals surface area contributed by atoms with Crippen molar-refractivity contribution in [2.45, 2.75) is 46.1 Å². The summed E-state index contributed by atoms with van der Waals surface area (Å²) < 4.78 is 0. The molecule has 2 atom stereocenters. The maximum atomic E-state index is 11.6. The molecular weight excluding hydrogens is 176 g/mol. The van der Waals surface area contributed by atoms with Gasteiger partial charge in [0.2, 0.25) is 5.91 Å². The number of rotatable bonds is 5. The number of hydrogen-bond acceptors (Lipinski definition) is 2. The van der Waals surface area contributed by atoms with Crippen LogP contribution in [-0.2, 0) is 4.79 Å². The standard InChI is InChI=1S/C11H22N2O/c1-4-11(5-6-11)7-13-10(14)8(2)9(3)12/h8-9H,4-7,12H2,1-3H3,(H,13,14). The highest BCUT2D eigenvalue weighted by molar-refractivity contribution is 5.78. The van der Waals surface area contributed by atoms with Crippen LogP contribution in [0.3, 0.4) is 0 Å². The normalized spacial score (nSPS) is 22.6. The summed E-state index contributed by atoms with van der Waals surface area (Å²) in [7, 11) is 0. The Morgan fingerprint density at radius 2 is 2.07 bits per heavy atom. The van der Waals surface area contributed by atoms with E-state index in [1.165, 1.54) is 19.3 Å². The molecule has 1 amide bonds. The Kier molecular flexibility index (Phi) is 3.53. The summed E-state index contributed by atoms with van der Waals surface area (Å²) in [5.74, 6) is 0.0161. The van der Waals surface area contributed by atoms with E-state index in [1.54, 1.807) is 0 Å². The van der Waals surface area contributed by atoms with Gasteiger partial charge in [-0.05, 0) is 31.6 Å². The van der Waals surface area contributed by atoms with E-state index in [-0.39, 0.29) is 17.9 Å². The predicted molar refractivity (Wildman–Crippen MR) is 57.8 cm³/mol. The third kappa shape index (κ3) is 2.71. The van der Waals surface area contributed by atoms with Crippen LogP contribution >= 0.6 is 0 Å². The molecule has 0 aromatic rings. The van der Waals surface area contributed by atoms with Crippen molar-refractivity contribution in [3.05, 3.63) is 0 Å². The number of amides is 1. The third-order valence-corrected chi connectivity index (χ3v) is 3.55. The zero-order valence-electron chi connectivity index (χ0n) is 9.47. The van der Waals surface area contributed by atoms with Crippen LogP contribution in [0.2, 0.25) is 0 Å².